The first-order valence-corrected chi connectivity index (χ1v) is 11.1. The third-order valence-electron chi connectivity index (χ3n) is 4.90. The van der Waals surface area contributed by atoms with Gasteiger partial charge in [-0.25, -0.2) is 4.98 Å². The van der Waals surface area contributed by atoms with Crippen LogP contribution in [0.2, 0.25) is 0 Å². The Morgan fingerprint density at radius 3 is 2.42 bits per heavy atom. The van der Waals surface area contributed by atoms with E-state index in [0.717, 1.165) is 35.0 Å². The Labute approximate surface area is 193 Å². The Kier molecular flexibility index (Phi) is 6.55. The first kappa shape index (κ1) is 22.7. The molecule has 4 rings (SSSR count). The molecule has 0 aliphatic carbocycles. The highest BCUT2D eigenvalue weighted by Gasteiger charge is 2.31. The molecule has 168 valence electrons. The number of hydrogen-bond donors (Lipinski definition) is 1. The summed E-state index contributed by atoms with van der Waals surface area (Å²) in [6, 6.07) is 21.8. The van der Waals surface area contributed by atoms with Crippen LogP contribution >= 0.6 is 11.8 Å². The molecule has 0 aliphatic heterocycles. The fourth-order valence-electron chi connectivity index (χ4n) is 3.28. The average molecular weight is 468 g/mol. The third kappa shape index (κ3) is 5.46. The number of aromatic nitrogens is 2. The van der Waals surface area contributed by atoms with E-state index in [1.165, 1.54) is 6.07 Å². The molecule has 1 N–H and O–H groups in total. The highest BCUT2D eigenvalue weighted by atomic mass is 32.2. The van der Waals surface area contributed by atoms with Crippen molar-refractivity contribution in [3.05, 3.63) is 96.2 Å². The zero-order valence-corrected chi connectivity index (χ0v) is 18.5. The lowest BCUT2D eigenvalue weighted by Gasteiger charge is -2.14. The van der Waals surface area contributed by atoms with Crippen molar-refractivity contribution in [2.75, 3.05) is 11.1 Å². The fourth-order valence-corrected chi connectivity index (χ4v) is 4.08. The molecule has 4 nitrogen and oxygen atoms in total. The summed E-state index contributed by atoms with van der Waals surface area (Å²) in [4.78, 5) is 16.8. The molecule has 1 heterocycles. The zero-order chi connectivity index (χ0) is 23.4. The number of aryl methyl sites for hydroxylation is 1. The second-order valence-corrected chi connectivity index (χ2v) is 8.32. The largest absolute Gasteiger partial charge is 0.416 e. The minimum atomic E-state index is -4.47. The smallest absolute Gasteiger partial charge is 0.325 e. The van der Waals surface area contributed by atoms with Gasteiger partial charge in [0.05, 0.1) is 23.2 Å². The Morgan fingerprint density at radius 2 is 1.73 bits per heavy atom. The fraction of sp³-hybridized carbons (Fsp3) is 0.120. The molecule has 3 aromatic carbocycles. The van der Waals surface area contributed by atoms with E-state index in [0.29, 0.717) is 22.2 Å². The molecule has 0 atom stereocenters. The van der Waals surface area contributed by atoms with Gasteiger partial charge in [0.1, 0.15) is 0 Å². The molecule has 0 bridgehead atoms. The van der Waals surface area contributed by atoms with Crippen LogP contribution in [0.3, 0.4) is 0 Å². The lowest BCUT2D eigenvalue weighted by atomic mass is 10.1. The van der Waals surface area contributed by atoms with Crippen molar-refractivity contribution in [3.63, 3.8) is 0 Å². The number of halogens is 3. The van der Waals surface area contributed by atoms with E-state index in [-0.39, 0.29) is 11.7 Å². The lowest BCUT2D eigenvalue weighted by molar-refractivity contribution is -0.137. The molecule has 0 aliphatic rings. The van der Waals surface area contributed by atoms with Crippen molar-refractivity contribution < 1.29 is 18.0 Å². The van der Waals surface area contributed by atoms with Gasteiger partial charge in [-0.15, -0.1) is 0 Å². The molecule has 0 fully saturated rings. The van der Waals surface area contributed by atoms with Crippen LogP contribution in [0.25, 0.3) is 16.9 Å². The summed E-state index contributed by atoms with van der Waals surface area (Å²) in [6.07, 6.45) is -2.86. The molecule has 8 heteroatoms. The molecule has 0 spiro atoms. The number of anilines is 1. The van der Waals surface area contributed by atoms with E-state index in [2.05, 4.69) is 10.3 Å². The van der Waals surface area contributed by atoms with Crippen LogP contribution in [-0.2, 0) is 11.0 Å². The van der Waals surface area contributed by atoms with Gasteiger partial charge in [-0.2, -0.15) is 13.2 Å². The monoisotopic (exact) mass is 467 g/mol. The van der Waals surface area contributed by atoms with Crippen LogP contribution in [0.5, 0.6) is 0 Å². The minimum Gasteiger partial charge on any atom is -0.325 e. The maximum Gasteiger partial charge on any atom is 0.416 e. The second kappa shape index (κ2) is 9.54. The van der Waals surface area contributed by atoms with Gasteiger partial charge in [0.25, 0.3) is 0 Å². The van der Waals surface area contributed by atoms with E-state index in [4.69, 9.17) is 0 Å². The quantitative estimate of drug-likeness (QED) is 0.325. The predicted molar refractivity (Wildman–Crippen MR) is 125 cm³/mol. The summed E-state index contributed by atoms with van der Waals surface area (Å²) < 4.78 is 41.7. The van der Waals surface area contributed by atoms with Crippen LogP contribution in [0, 0.1) is 6.92 Å². The van der Waals surface area contributed by atoms with Gasteiger partial charge in [0, 0.05) is 16.9 Å². The number of rotatable bonds is 6. The number of benzene rings is 3. The Morgan fingerprint density at radius 1 is 1.00 bits per heavy atom. The lowest BCUT2D eigenvalue weighted by Crippen LogP contribution is -2.14. The topological polar surface area (TPSA) is 46.9 Å². The normalized spacial score (nSPS) is 11.4. The number of carbonyl (C=O) groups is 1. The maximum atomic E-state index is 13.4. The number of nitrogens with one attached hydrogen (secondary N) is 1. The van der Waals surface area contributed by atoms with Gasteiger partial charge in [-0.05, 0) is 37.3 Å². The molecule has 0 unspecified atom stereocenters. The third-order valence-corrected chi connectivity index (χ3v) is 5.85. The van der Waals surface area contributed by atoms with Crippen molar-refractivity contribution in [1.82, 2.24) is 9.55 Å². The van der Waals surface area contributed by atoms with Crippen LogP contribution in [0.1, 0.15) is 11.1 Å². The summed E-state index contributed by atoms with van der Waals surface area (Å²) in [5.41, 5.74) is 2.76. The van der Waals surface area contributed by atoms with Crippen LogP contribution < -0.4 is 5.32 Å². The molecule has 0 radical (unpaired) electrons. The van der Waals surface area contributed by atoms with Crippen LogP contribution in [0.4, 0.5) is 18.9 Å². The number of hydrogen-bond acceptors (Lipinski definition) is 3. The standard InChI is InChI=1S/C25H20F3N3OS/c1-17-10-12-18(13-11-17)22-15-29-24(33-16-23(32)30-20-7-3-2-4-8-20)31(22)21-9-5-6-19(14-21)25(26,27)28/h2-15H,16H2,1H3,(H,30,32). The summed E-state index contributed by atoms with van der Waals surface area (Å²) in [7, 11) is 0. The average Bonchev–Trinajstić information content (AvgIpc) is 3.22. The molecule has 33 heavy (non-hydrogen) atoms. The van der Waals surface area contributed by atoms with Gasteiger partial charge >= 0.3 is 6.18 Å². The summed E-state index contributed by atoms with van der Waals surface area (Å²) in [5.74, 6) is -0.181. The van der Waals surface area contributed by atoms with Gasteiger partial charge in [-0.1, -0.05) is 65.9 Å². The summed E-state index contributed by atoms with van der Waals surface area (Å²) in [6.45, 7) is 1.96. The van der Waals surface area contributed by atoms with Gasteiger partial charge in [0.15, 0.2) is 5.16 Å². The number of para-hydroxylation sites is 1. The number of nitrogens with zero attached hydrogens (tertiary/aromatic N) is 2. The first-order valence-electron chi connectivity index (χ1n) is 10.1. The zero-order valence-electron chi connectivity index (χ0n) is 17.6. The van der Waals surface area contributed by atoms with Gasteiger partial charge < -0.3 is 5.32 Å². The Hall–Kier alpha value is -3.52. The predicted octanol–water partition coefficient (Wildman–Crippen LogP) is 6.60. The molecule has 4 aromatic rings. The highest BCUT2D eigenvalue weighted by molar-refractivity contribution is 7.99. The van der Waals surface area contributed by atoms with Crippen molar-refractivity contribution in [1.29, 1.82) is 0 Å². The molecule has 0 saturated heterocycles. The van der Waals surface area contributed by atoms with Crippen molar-refractivity contribution in [2.24, 2.45) is 0 Å². The molecule has 1 amide bonds. The second-order valence-electron chi connectivity index (χ2n) is 7.38. The Bertz CT molecular complexity index is 1250. The number of amides is 1. The van der Waals surface area contributed by atoms with E-state index < -0.39 is 11.7 Å². The van der Waals surface area contributed by atoms with Gasteiger partial charge in [0.2, 0.25) is 5.91 Å². The van der Waals surface area contributed by atoms with Crippen LogP contribution in [0.15, 0.2) is 90.2 Å². The molecule has 0 saturated carbocycles. The summed E-state index contributed by atoms with van der Waals surface area (Å²) >= 11 is 1.16. The molecule has 1 aromatic heterocycles. The van der Waals surface area contributed by atoms with Crippen molar-refractivity contribution in [2.45, 2.75) is 18.3 Å². The Balaban J connectivity index is 1.67. The highest BCUT2D eigenvalue weighted by Crippen LogP contribution is 2.34. The summed E-state index contributed by atoms with van der Waals surface area (Å²) in [5, 5.41) is 3.22. The molecular formula is C25H20F3N3OS. The van der Waals surface area contributed by atoms with Gasteiger partial charge in [-0.3, -0.25) is 9.36 Å². The van der Waals surface area contributed by atoms with E-state index in [9.17, 15) is 18.0 Å². The van der Waals surface area contributed by atoms with E-state index >= 15 is 0 Å². The number of imidazole rings is 1. The van der Waals surface area contributed by atoms with Crippen molar-refractivity contribution in [3.8, 4) is 16.9 Å². The van der Waals surface area contributed by atoms with Crippen molar-refractivity contribution >= 4 is 23.4 Å². The number of thioether (sulfide) groups is 1. The minimum absolute atomic E-state index is 0.0538. The van der Waals surface area contributed by atoms with E-state index in [1.54, 1.807) is 29.0 Å². The number of carbonyl (C=O) groups excluding carboxylic acids is 1. The van der Waals surface area contributed by atoms with Crippen LogP contribution in [-0.4, -0.2) is 21.2 Å². The first-order chi connectivity index (χ1) is 15.8. The number of alkyl halides is 3. The van der Waals surface area contributed by atoms with E-state index in [1.807, 2.05) is 49.4 Å². The maximum absolute atomic E-state index is 13.4. The SMILES string of the molecule is Cc1ccc(-c2cnc(SCC(=O)Nc3ccccc3)n2-c2cccc(C(F)(F)F)c2)cc1. The molecular weight excluding hydrogens is 447 g/mol.